The molecule has 0 aliphatic rings. The number of aromatic nitrogens is 2. The molecular formula is C8H10ClN3S. The second kappa shape index (κ2) is 4.48. The van der Waals surface area contributed by atoms with Crippen LogP contribution < -0.4 is 5.73 Å². The Labute approximate surface area is 86.4 Å². The van der Waals surface area contributed by atoms with Gasteiger partial charge in [0, 0.05) is 5.56 Å². The van der Waals surface area contributed by atoms with Crippen molar-refractivity contribution in [2.24, 2.45) is 0 Å². The molecule has 0 radical (unpaired) electrons. The van der Waals surface area contributed by atoms with Gasteiger partial charge in [0.2, 0.25) is 0 Å². The highest BCUT2D eigenvalue weighted by molar-refractivity contribution is 7.98. The molecule has 0 fully saturated rings. The van der Waals surface area contributed by atoms with Crippen LogP contribution in [-0.4, -0.2) is 16.2 Å². The molecule has 0 atom stereocenters. The maximum atomic E-state index is 5.90. The van der Waals surface area contributed by atoms with E-state index in [4.69, 9.17) is 17.3 Å². The van der Waals surface area contributed by atoms with Crippen LogP contribution in [0.25, 0.3) is 0 Å². The molecule has 0 aliphatic carbocycles. The number of hydrogen-bond donors (Lipinski definition) is 1. The highest BCUT2D eigenvalue weighted by Gasteiger charge is 2.08. The van der Waals surface area contributed by atoms with Crippen LogP contribution in [0.2, 0.25) is 5.15 Å². The van der Waals surface area contributed by atoms with Crippen molar-refractivity contribution in [3.8, 4) is 0 Å². The van der Waals surface area contributed by atoms with Crippen LogP contribution in [0.1, 0.15) is 5.56 Å². The average Bonchev–Trinajstić information content (AvgIpc) is 2.11. The highest BCUT2D eigenvalue weighted by Crippen LogP contribution is 2.22. The van der Waals surface area contributed by atoms with Crippen molar-refractivity contribution in [2.45, 2.75) is 11.6 Å². The zero-order valence-corrected chi connectivity index (χ0v) is 8.82. The second-order valence-electron chi connectivity index (χ2n) is 2.36. The number of hydrogen-bond acceptors (Lipinski definition) is 4. The van der Waals surface area contributed by atoms with Gasteiger partial charge in [0.1, 0.15) is 11.0 Å². The predicted molar refractivity (Wildman–Crippen MR) is 57.1 cm³/mol. The number of thioether (sulfide) groups is 1. The lowest BCUT2D eigenvalue weighted by Crippen LogP contribution is -2.01. The number of nitrogens with two attached hydrogens (primary N) is 1. The zero-order chi connectivity index (χ0) is 9.84. The largest absolute Gasteiger partial charge is 0.383 e. The van der Waals surface area contributed by atoms with Crippen molar-refractivity contribution < 1.29 is 0 Å². The van der Waals surface area contributed by atoms with E-state index in [-0.39, 0.29) is 0 Å². The lowest BCUT2D eigenvalue weighted by Gasteiger charge is -2.05. The van der Waals surface area contributed by atoms with Gasteiger partial charge in [-0.15, -0.1) is 6.58 Å². The van der Waals surface area contributed by atoms with E-state index < -0.39 is 0 Å². The molecule has 3 nitrogen and oxygen atoms in total. The molecule has 13 heavy (non-hydrogen) atoms. The molecule has 0 spiro atoms. The molecule has 5 heteroatoms. The maximum Gasteiger partial charge on any atom is 0.190 e. The van der Waals surface area contributed by atoms with E-state index in [1.165, 1.54) is 11.8 Å². The van der Waals surface area contributed by atoms with Gasteiger partial charge in [-0.25, -0.2) is 9.97 Å². The molecule has 0 amide bonds. The second-order valence-corrected chi connectivity index (χ2v) is 3.49. The number of allylic oxidation sites excluding steroid dienone is 1. The first-order valence-electron chi connectivity index (χ1n) is 3.65. The summed E-state index contributed by atoms with van der Waals surface area (Å²) in [6.07, 6.45) is 4.19. The van der Waals surface area contributed by atoms with Crippen molar-refractivity contribution in [2.75, 3.05) is 12.0 Å². The Bertz CT molecular complexity index is 304. The summed E-state index contributed by atoms with van der Waals surface area (Å²) in [5, 5.41) is 1.01. The third-order valence-electron chi connectivity index (χ3n) is 1.50. The van der Waals surface area contributed by atoms with E-state index in [9.17, 15) is 0 Å². The molecule has 0 bridgehead atoms. The summed E-state index contributed by atoms with van der Waals surface area (Å²) >= 11 is 7.31. The standard InChI is InChI=1S/C8H10ClN3S/c1-3-4-5-6(9)11-8(13-2)12-7(5)10/h3H,1,4H2,2H3,(H2,10,11,12). The minimum Gasteiger partial charge on any atom is -0.383 e. The molecule has 0 aliphatic heterocycles. The molecular weight excluding hydrogens is 206 g/mol. The van der Waals surface area contributed by atoms with Gasteiger partial charge in [-0.1, -0.05) is 29.4 Å². The first-order valence-corrected chi connectivity index (χ1v) is 5.26. The molecule has 1 rings (SSSR count). The first kappa shape index (κ1) is 10.3. The quantitative estimate of drug-likeness (QED) is 0.363. The Kier molecular flexibility index (Phi) is 3.57. The number of nitrogens with zero attached hydrogens (tertiary/aromatic N) is 2. The van der Waals surface area contributed by atoms with Crippen molar-refractivity contribution >= 4 is 29.2 Å². The first-order chi connectivity index (χ1) is 6.19. The predicted octanol–water partition coefficient (Wildman–Crippen LogP) is 2.16. The lowest BCUT2D eigenvalue weighted by atomic mass is 10.2. The summed E-state index contributed by atoms with van der Waals surface area (Å²) in [7, 11) is 0. The van der Waals surface area contributed by atoms with Gasteiger partial charge in [-0.2, -0.15) is 0 Å². The Morgan fingerprint density at radius 1 is 1.62 bits per heavy atom. The van der Waals surface area contributed by atoms with E-state index in [1.807, 2.05) is 6.26 Å². The molecule has 1 heterocycles. The van der Waals surface area contributed by atoms with Crippen LogP contribution in [-0.2, 0) is 6.42 Å². The summed E-state index contributed by atoms with van der Waals surface area (Å²) in [5.41, 5.74) is 6.43. The minimum absolute atomic E-state index is 0.414. The number of rotatable bonds is 3. The van der Waals surface area contributed by atoms with Gasteiger partial charge in [0.15, 0.2) is 5.16 Å². The minimum atomic E-state index is 0.414. The van der Waals surface area contributed by atoms with E-state index in [1.54, 1.807) is 6.08 Å². The van der Waals surface area contributed by atoms with E-state index >= 15 is 0 Å². The Morgan fingerprint density at radius 2 is 2.31 bits per heavy atom. The van der Waals surface area contributed by atoms with Gasteiger partial charge in [-0.3, -0.25) is 0 Å². The Morgan fingerprint density at radius 3 is 2.77 bits per heavy atom. The fourth-order valence-electron chi connectivity index (χ4n) is 0.877. The summed E-state index contributed by atoms with van der Waals surface area (Å²) in [6, 6.07) is 0. The number of halogens is 1. The van der Waals surface area contributed by atoms with Crippen molar-refractivity contribution in [3.63, 3.8) is 0 Å². The molecule has 0 aromatic carbocycles. The van der Waals surface area contributed by atoms with Crippen LogP contribution in [0, 0.1) is 0 Å². The van der Waals surface area contributed by atoms with Gasteiger partial charge in [0.25, 0.3) is 0 Å². The fraction of sp³-hybridized carbons (Fsp3) is 0.250. The van der Waals surface area contributed by atoms with Gasteiger partial charge in [-0.05, 0) is 12.7 Å². The molecule has 2 N–H and O–H groups in total. The molecule has 1 aromatic rings. The molecule has 0 saturated heterocycles. The Balaban J connectivity index is 3.14. The Hall–Kier alpha value is -0.740. The number of nitrogen functional groups attached to an aromatic ring is 1. The summed E-state index contributed by atoms with van der Waals surface area (Å²) < 4.78 is 0. The van der Waals surface area contributed by atoms with Crippen LogP contribution in [0.5, 0.6) is 0 Å². The van der Waals surface area contributed by atoms with Crippen molar-refractivity contribution in [3.05, 3.63) is 23.4 Å². The molecule has 1 aromatic heterocycles. The monoisotopic (exact) mass is 215 g/mol. The normalized spacial score (nSPS) is 10.0. The molecule has 0 saturated carbocycles. The van der Waals surface area contributed by atoms with Gasteiger partial charge >= 0.3 is 0 Å². The zero-order valence-electron chi connectivity index (χ0n) is 7.25. The average molecular weight is 216 g/mol. The molecule has 70 valence electrons. The summed E-state index contributed by atoms with van der Waals surface area (Å²) in [4.78, 5) is 8.13. The van der Waals surface area contributed by atoms with Crippen LogP contribution in [0.3, 0.4) is 0 Å². The number of anilines is 1. The SMILES string of the molecule is C=CCc1c(N)nc(SC)nc1Cl. The summed E-state index contributed by atoms with van der Waals surface area (Å²) in [5.74, 6) is 0.434. The van der Waals surface area contributed by atoms with Crippen LogP contribution in [0.15, 0.2) is 17.8 Å². The van der Waals surface area contributed by atoms with Crippen molar-refractivity contribution in [1.82, 2.24) is 9.97 Å². The smallest absolute Gasteiger partial charge is 0.190 e. The van der Waals surface area contributed by atoms with E-state index in [0.29, 0.717) is 22.5 Å². The third-order valence-corrected chi connectivity index (χ3v) is 2.36. The topological polar surface area (TPSA) is 51.8 Å². The van der Waals surface area contributed by atoms with Gasteiger partial charge in [0.05, 0.1) is 0 Å². The third kappa shape index (κ3) is 2.35. The van der Waals surface area contributed by atoms with Gasteiger partial charge < -0.3 is 5.73 Å². The van der Waals surface area contributed by atoms with Crippen LogP contribution >= 0.6 is 23.4 Å². The van der Waals surface area contributed by atoms with Crippen molar-refractivity contribution in [1.29, 1.82) is 0 Å². The fourth-order valence-corrected chi connectivity index (χ4v) is 1.55. The van der Waals surface area contributed by atoms with E-state index in [0.717, 1.165) is 5.56 Å². The maximum absolute atomic E-state index is 5.90. The van der Waals surface area contributed by atoms with Crippen LogP contribution in [0.4, 0.5) is 5.82 Å². The lowest BCUT2D eigenvalue weighted by molar-refractivity contribution is 0.952. The highest BCUT2D eigenvalue weighted by atomic mass is 35.5. The van der Waals surface area contributed by atoms with E-state index in [2.05, 4.69) is 16.5 Å². The summed E-state index contributed by atoms with van der Waals surface area (Å²) in [6.45, 7) is 3.61. The molecule has 0 unspecified atom stereocenters.